The van der Waals surface area contributed by atoms with Crippen LogP contribution in [0.5, 0.6) is 0 Å². The molecule has 0 radical (unpaired) electrons. The molecule has 0 atom stereocenters. The zero-order valence-electron chi connectivity index (χ0n) is 19.9. The summed E-state index contributed by atoms with van der Waals surface area (Å²) in [6.07, 6.45) is 7.94. The Bertz CT molecular complexity index is 1040. The first-order valence-electron chi connectivity index (χ1n) is 10.9. The molecule has 0 bridgehead atoms. The number of aromatic nitrogens is 2. The molecule has 2 aliphatic rings. The van der Waals surface area contributed by atoms with E-state index < -0.39 is 18.5 Å². The van der Waals surface area contributed by atoms with E-state index >= 15 is 0 Å². The van der Waals surface area contributed by atoms with Crippen LogP contribution in [0.1, 0.15) is 25.7 Å². The van der Waals surface area contributed by atoms with Crippen LogP contribution in [0.25, 0.3) is 0 Å². The van der Waals surface area contributed by atoms with E-state index in [1.165, 1.54) is 22.7 Å². The monoisotopic (exact) mass is 800 g/mol. The minimum atomic E-state index is -2.03. The van der Waals surface area contributed by atoms with Gasteiger partial charge in [-0.05, 0) is 58.8 Å². The molecule has 2 fully saturated rings. The normalized spacial score (nSPS) is 14.6. The summed E-state index contributed by atoms with van der Waals surface area (Å²) in [5, 5.41) is 16.2. The molecule has 2 aromatic heterocycles. The van der Waals surface area contributed by atoms with E-state index in [1.54, 1.807) is 32.6 Å². The van der Waals surface area contributed by atoms with Gasteiger partial charge in [0.1, 0.15) is 0 Å². The van der Waals surface area contributed by atoms with Crippen LogP contribution in [0.15, 0.2) is 23.2 Å². The maximum absolute atomic E-state index is 8.50. The molecule has 4 rings (SSSR count). The molecule has 10 nitrogen and oxygen atoms in total. The minimum absolute atomic E-state index is 0.285. The molecule has 39 heavy (non-hydrogen) atoms. The number of hydrazine groups is 4. The molecule has 0 N–H and O–H groups in total. The van der Waals surface area contributed by atoms with Gasteiger partial charge in [-0.2, -0.15) is 20.3 Å². The second kappa shape index (κ2) is 18.7. The van der Waals surface area contributed by atoms with Crippen LogP contribution in [-0.2, 0) is 50.5 Å². The molecular weight excluding hydrogens is 777 g/mol. The Balaban J connectivity index is 0.000000249. The van der Waals surface area contributed by atoms with Gasteiger partial charge in [-0.15, -0.1) is 47.9 Å². The van der Waals surface area contributed by atoms with Gasteiger partial charge >= 0.3 is 25.3 Å². The number of rotatable bonds is 4. The summed E-state index contributed by atoms with van der Waals surface area (Å²) in [6.45, 7) is 3.67. The van der Waals surface area contributed by atoms with Crippen LogP contribution in [0, 0.1) is 0 Å². The third-order valence-electron chi connectivity index (χ3n) is 4.97. The number of anilines is 2. The molecule has 2 aromatic rings. The van der Waals surface area contributed by atoms with E-state index in [-0.39, 0.29) is 8.64 Å². The first-order valence-corrected chi connectivity index (χ1v) is 17.7. The van der Waals surface area contributed by atoms with Crippen molar-refractivity contribution in [1.29, 1.82) is 0 Å². The number of thiol groups is 2. The Morgan fingerprint density at radius 1 is 0.769 bits per heavy atom. The molecular formula is C18H22MoN8O2S10. The fraction of sp³-hybridized carbons (Fsp3) is 0.444. The van der Waals surface area contributed by atoms with E-state index in [1.807, 2.05) is 10.8 Å². The van der Waals surface area contributed by atoms with Crippen molar-refractivity contribution in [2.75, 3.05) is 36.2 Å². The fourth-order valence-corrected chi connectivity index (χ4v) is 6.54. The Hall–Kier alpha value is 0.168. The van der Waals surface area contributed by atoms with Crippen molar-refractivity contribution >= 4 is 150 Å². The Morgan fingerprint density at radius 3 is 1.28 bits per heavy atom. The summed E-state index contributed by atoms with van der Waals surface area (Å²) >= 11 is 40.4. The van der Waals surface area contributed by atoms with E-state index in [0.29, 0.717) is 18.9 Å². The summed E-state index contributed by atoms with van der Waals surface area (Å²) in [5.74, 6) is 0. The Morgan fingerprint density at radius 2 is 1.08 bits per heavy atom. The topological polar surface area (TPSA) is 79.4 Å². The summed E-state index contributed by atoms with van der Waals surface area (Å²) in [5.41, 5.74) is 0. The third kappa shape index (κ3) is 10.7. The van der Waals surface area contributed by atoms with Crippen molar-refractivity contribution in [2.24, 2.45) is 0 Å². The molecule has 212 valence electrons. The predicted octanol–water partition coefficient (Wildman–Crippen LogP) is 4.21. The second-order valence-corrected chi connectivity index (χ2v) is 13.7. The predicted molar refractivity (Wildman–Crippen MR) is 179 cm³/mol. The van der Waals surface area contributed by atoms with Crippen molar-refractivity contribution in [1.82, 2.24) is 30.2 Å². The quantitative estimate of drug-likeness (QED) is 0.153. The van der Waals surface area contributed by atoms with Crippen LogP contribution in [0.3, 0.4) is 0 Å². The van der Waals surface area contributed by atoms with Crippen molar-refractivity contribution in [3.05, 3.63) is 23.2 Å². The van der Waals surface area contributed by atoms with Crippen LogP contribution in [0.2, 0.25) is 0 Å². The van der Waals surface area contributed by atoms with Crippen LogP contribution in [0.4, 0.5) is 10.3 Å². The van der Waals surface area contributed by atoms with E-state index in [4.69, 9.17) is 80.9 Å². The van der Waals surface area contributed by atoms with E-state index in [9.17, 15) is 0 Å². The first-order chi connectivity index (χ1) is 18.6. The van der Waals surface area contributed by atoms with Gasteiger partial charge < -0.3 is 49.7 Å². The fourth-order valence-electron chi connectivity index (χ4n) is 3.56. The standard InChI is InChI=1S/2C9H12N4S5.Mo.2O/c2*14-8(15)12(7-10-3-6-18-7)13(9(16)17)11-4-1-2-5-11;;;/h2*3,6H,1-2,4-5H2,(H,14,15)(H,16,17);;;/q;;+2;;/p-2. The number of thiazole rings is 2. The van der Waals surface area contributed by atoms with Crippen molar-refractivity contribution in [2.45, 2.75) is 25.7 Å². The van der Waals surface area contributed by atoms with E-state index in [2.05, 4.69) is 45.2 Å². The average Bonchev–Trinajstić information content (AvgIpc) is 3.70. The first kappa shape index (κ1) is 35.4. The van der Waals surface area contributed by atoms with Crippen molar-refractivity contribution in [3.63, 3.8) is 0 Å². The number of thiocarbonyl (C=S) groups is 4. The number of hydrogen-bond donors (Lipinski definition) is 2. The molecule has 0 unspecified atom stereocenters. The van der Waals surface area contributed by atoms with Gasteiger partial charge in [-0.25, -0.2) is 20.0 Å². The summed E-state index contributed by atoms with van der Waals surface area (Å²) in [7, 11) is 0. The molecule has 21 heteroatoms. The Kier molecular flexibility index (Phi) is 16.9. The third-order valence-corrected chi connectivity index (χ3v) is 7.84. The van der Waals surface area contributed by atoms with Crippen LogP contribution < -0.4 is 10.0 Å². The van der Waals surface area contributed by atoms with Crippen molar-refractivity contribution < 1.29 is 25.3 Å². The summed E-state index contributed by atoms with van der Waals surface area (Å²) < 4.78 is 18.4. The second-order valence-electron chi connectivity index (χ2n) is 7.32. The van der Waals surface area contributed by atoms with Gasteiger partial charge in [-0.3, -0.25) is 0 Å². The van der Waals surface area contributed by atoms with Crippen LogP contribution >= 0.6 is 96.8 Å². The van der Waals surface area contributed by atoms with Gasteiger partial charge in [0.05, 0.1) is 0 Å². The molecule has 4 heterocycles. The number of hydrogen-bond acceptors (Lipinski definition) is 14. The van der Waals surface area contributed by atoms with Gasteiger partial charge in [0, 0.05) is 49.3 Å². The number of nitrogens with zero attached hydrogens (tertiary/aromatic N) is 8. The van der Waals surface area contributed by atoms with Crippen molar-refractivity contribution in [3.8, 4) is 0 Å². The van der Waals surface area contributed by atoms with Gasteiger partial charge in [-0.1, -0.05) is 0 Å². The van der Waals surface area contributed by atoms with Gasteiger partial charge in [0.2, 0.25) is 10.3 Å². The summed E-state index contributed by atoms with van der Waals surface area (Å²) in [4.78, 5) is 8.48. The molecule has 0 spiro atoms. The molecule has 2 aliphatic heterocycles. The average molecular weight is 799 g/mol. The van der Waals surface area contributed by atoms with E-state index in [0.717, 1.165) is 51.9 Å². The maximum atomic E-state index is 8.50. The van der Waals surface area contributed by atoms with Crippen LogP contribution in [-0.4, -0.2) is 73.7 Å². The van der Waals surface area contributed by atoms with Gasteiger partial charge in [0.15, 0.2) is 8.64 Å². The molecule has 0 aromatic carbocycles. The van der Waals surface area contributed by atoms with Gasteiger partial charge in [0.25, 0.3) is 0 Å². The molecule has 0 amide bonds. The molecule has 2 saturated heterocycles. The Labute approximate surface area is 287 Å². The SMILES string of the molecule is S=C([S-])N(c1nccs1)N(C(=S)S)N1CCCC1.S=C([S-])N(c1nccs1)N(C(=S)S)N1CCCC1.[O]=[Mo+2]=[O]. The molecule has 0 saturated carbocycles. The zero-order chi connectivity index (χ0) is 28.9. The zero-order valence-corrected chi connectivity index (χ0v) is 30.3. The summed E-state index contributed by atoms with van der Waals surface area (Å²) in [6, 6.07) is 0. The molecule has 0 aliphatic carbocycles.